The fourth-order valence-corrected chi connectivity index (χ4v) is 3.19. The van der Waals surface area contributed by atoms with Crippen LogP contribution in [-0.2, 0) is 0 Å². The van der Waals surface area contributed by atoms with Crippen LogP contribution in [0.25, 0.3) is 11.1 Å². The molecule has 4 aromatic rings. The van der Waals surface area contributed by atoms with E-state index in [-0.39, 0.29) is 11.6 Å². The second-order valence-electron chi connectivity index (χ2n) is 7.07. The highest BCUT2D eigenvalue weighted by atomic mass is 19.1. The van der Waals surface area contributed by atoms with Crippen LogP contribution in [0.3, 0.4) is 0 Å². The number of benzene rings is 4. The number of aryl methyl sites for hydroxylation is 1. The first-order valence-corrected chi connectivity index (χ1v) is 9.68. The van der Waals surface area contributed by atoms with Crippen LogP contribution in [-0.4, -0.2) is 5.78 Å². The molecule has 30 heavy (non-hydrogen) atoms. The number of carbonyl (C=O) groups excluding carboxylic acids is 1. The Balaban J connectivity index is 1.58. The van der Waals surface area contributed by atoms with Crippen LogP contribution < -0.4 is 0 Å². The van der Waals surface area contributed by atoms with Gasteiger partial charge in [-0.25, -0.2) is 4.39 Å². The van der Waals surface area contributed by atoms with Gasteiger partial charge in [0.15, 0.2) is 5.78 Å². The van der Waals surface area contributed by atoms with Gasteiger partial charge in [-0.1, -0.05) is 59.9 Å². The molecule has 0 saturated heterocycles. The molecule has 0 aliphatic rings. The minimum atomic E-state index is -0.358. The molecule has 0 amide bonds. The zero-order valence-corrected chi connectivity index (χ0v) is 16.5. The maximum absolute atomic E-state index is 13.1. The minimum Gasteiger partial charge on any atom is -0.289 e. The lowest BCUT2D eigenvalue weighted by atomic mass is 9.98. The molecule has 0 heterocycles. The molecule has 4 rings (SSSR count). The first kappa shape index (κ1) is 19.4. The van der Waals surface area contributed by atoms with E-state index < -0.39 is 0 Å². The Bertz CT molecular complexity index is 1240. The van der Waals surface area contributed by atoms with Crippen molar-refractivity contribution >= 4 is 5.78 Å². The summed E-state index contributed by atoms with van der Waals surface area (Å²) in [7, 11) is 0. The van der Waals surface area contributed by atoms with Crippen molar-refractivity contribution < 1.29 is 9.18 Å². The van der Waals surface area contributed by atoms with Gasteiger partial charge in [-0.2, -0.15) is 0 Å². The smallest absolute Gasteiger partial charge is 0.193 e. The van der Waals surface area contributed by atoms with E-state index in [2.05, 4.69) is 49.1 Å². The number of halogens is 1. The lowest BCUT2D eigenvalue weighted by molar-refractivity contribution is 0.103. The van der Waals surface area contributed by atoms with Crippen LogP contribution >= 0.6 is 0 Å². The van der Waals surface area contributed by atoms with Gasteiger partial charge in [0, 0.05) is 22.3 Å². The summed E-state index contributed by atoms with van der Waals surface area (Å²) in [5, 5.41) is 0. The molecule has 0 spiro atoms. The van der Waals surface area contributed by atoms with E-state index in [1.807, 2.05) is 30.3 Å². The molecule has 0 atom stereocenters. The van der Waals surface area contributed by atoms with E-state index in [0.29, 0.717) is 11.1 Å². The van der Waals surface area contributed by atoms with Gasteiger partial charge in [0.05, 0.1) is 0 Å². The lowest BCUT2D eigenvalue weighted by Crippen LogP contribution is -2.01. The van der Waals surface area contributed by atoms with E-state index in [0.717, 1.165) is 22.3 Å². The Morgan fingerprint density at radius 3 is 1.97 bits per heavy atom. The van der Waals surface area contributed by atoms with Crippen LogP contribution in [0, 0.1) is 24.6 Å². The number of rotatable bonds is 3. The van der Waals surface area contributed by atoms with Gasteiger partial charge in [0.2, 0.25) is 0 Å². The van der Waals surface area contributed by atoms with Crippen molar-refractivity contribution in [3.63, 3.8) is 0 Å². The summed E-state index contributed by atoms with van der Waals surface area (Å²) in [6.45, 7) is 2.07. The molecule has 144 valence electrons. The van der Waals surface area contributed by atoms with Crippen LogP contribution in [0.15, 0.2) is 97.1 Å². The first-order chi connectivity index (χ1) is 14.6. The first-order valence-electron chi connectivity index (χ1n) is 9.68. The molecule has 0 aromatic heterocycles. The van der Waals surface area contributed by atoms with Gasteiger partial charge < -0.3 is 0 Å². The van der Waals surface area contributed by atoms with Crippen molar-refractivity contribution in [3.8, 4) is 23.0 Å². The third kappa shape index (κ3) is 4.37. The van der Waals surface area contributed by atoms with Crippen molar-refractivity contribution in [1.29, 1.82) is 0 Å². The van der Waals surface area contributed by atoms with Crippen LogP contribution in [0.5, 0.6) is 0 Å². The van der Waals surface area contributed by atoms with Gasteiger partial charge in [-0.3, -0.25) is 4.79 Å². The van der Waals surface area contributed by atoms with E-state index >= 15 is 0 Å². The van der Waals surface area contributed by atoms with E-state index in [1.54, 1.807) is 12.1 Å². The third-order valence-corrected chi connectivity index (χ3v) is 4.88. The van der Waals surface area contributed by atoms with Crippen molar-refractivity contribution in [3.05, 3.63) is 131 Å². The van der Waals surface area contributed by atoms with Crippen molar-refractivity contribution in [2.24, 2.45) is 0 Å². The zero-order chi connectivity index (χ0) is 20.9. The van der Waals surface area contributed by atoms with Gasteiger partial charge in [0.25, 0.3) is 0 Å². The Kier molecular flexibility index (Phi) is 5.54. The summed E-state index contributed by atoms with van der Waals surface area (Å²) in [4.78, 5) is 12.5. The summed E-state index contributed by atoms with van der Waals surface area (Å²) in [5.41, 5.74) is 6.23. The molecule has 2 heteroatoms. The van der Waals surface area contributed by atoms with Gasteiger partial charge >= 0.3 is 0 Å². The normalized spacial score (nSPS) is 10.2. The molecule has 0 aliphatic carbocycles. The highest BCUT2D eigenvalue weighted by molar-refractivity contribution is 6.09. The molecule has 0 N–H and O–H groups in total. The molecule has 0 radical (unpaired) electrons. The quantitative estimate of drug-likeness (QED) is 0.291. The van der Waals surface area contributed by atoms with E-state index in [4.69, 9.17) is 0 Å². The van der Waals surface area contributed by atoms with Crippen LogP contribution in [0.4, 0.5) is 4.39 Å². The van der Waals surface area contributed by atoms with Crippen molar-refractivity contribution in [1.82, 2.24) is 0 Å². The largest absolute Gasteiger partial charge is 0.289 e. The van der Waals surface area contributed by atoms with E-state index in [1.165, 1.54) is 29.8 Å². The van der Waals surface area contributed by atoms with E-state index in [9.17, 15) is 9.18 Å². The molecule has 0 fully saturated rings. The second kappa shape index (κ2) is 8.59. The Labute approximate surface area is 175 Å². The van der Waals surface area contributed by atoms with Crippen LogP contribution in [0.2, 0.25) is 0 Å². The predicted molar refractivity (Wildman–Crippen MR) is 119 cm³/mol. The topological polar surface area (TPSA) is 17.1 Å². The summed E-state index contributed by atoms with van der Waals surface area (Å²) in [6, 6.07) is 29.2. The lowest BCUT2D eigenvalue weighted by Gasteiger charge is -2.05. The molecular formula is C28H19FO. The minimum absolute atomic E-state index is 0.140. The standard InChI is InChI=1S/C28H19FO/c1-20-6-11-23(12-7-20)27-5-3-2-4-22(27)13-8-21-9-14-24(15-10-21)28(30)25-16-18-26(29)19-17-25/h2-7,9-12,14-19H,1H3. The molecule has 4 aromatic carbocycles. The molecule has 0 aliphatic heterocycles. The molecule has 1 nitrogen and oxygen atoms in total. The third-order valence-electron chi connectivity index (χ3n) is 4.88. The average Bonchev–Trinajstić information content (AvgIpc) is 2.79. The Morgan fingerprint density at radius 2 is 1.30 bits per heavy atom. The SMILES string of the molecule is Cc1ccc(-c2ccccc2C#Cc2ccc(C(=O)c3ccc(F)cc3)cc2)cc1. The number of ketones is 1. The summed E-state index contributed by atoms with van der Waals surface area (Å²) in [6.07, 6.45) is 0. The highest BCUT2D eigenvalue weighted by Crippen LogP contribution is 2.23. The number of hydrogen-bond donors (Lipinski definition) is 0. The summed E-state index contributed by atoms with van der Waals surface area (Å²) < 4.78 is 13.1. The number of carbonyl (C=O) groups is 1. The number of hydrogen-bond acceptors (Lipinski definition) is 1. The Hall–Kier alpha value is -3.96. The fourth-order valence-electron chi connectivity index (χ4n) is 3.19. The molecular weight excluding hydrogens is 371 g/mol. The molecule has 0 saturated carbocycles. The second-order valence-corrected chi connectivity index (χ2v) is 7.07. The Morgan fingerprint density at radius 1 is 0.700 bits per heavy atom. The summed E-state index contributed by atoms with van der Waals surface area (Å²) in [5.74, 6) is 5.94. The molecule has 0 unspecified atom stereocenters. The van der Waals surface area contributed by atoms with Crippen molar-refractivity contribution in [2.75, 3.05) is 0 Å². The van der Waals surface area contributed by atoms with Crippen LogP contribution in [0.1, 0.15) is 32.6 Å². The summed E-state index contributed by atoms with van der Waals surface area (Å²) >= 11 is 0. The zero-order valence-electron chi connectivity index (χ0n) is 16.5. The highest BCUT2D eigenvalue weighted by Gasteiger charge is 2.08. The van der Waals surface area contributed by atoms with Crippen molar-refractivity contribution in [2.45, 2.75) is 6.92 Å². The fraction of sp³-hybridized carbons (Fsp3) is 0.0357. The van der Waals surface area contributed by atoms with Gasteiger partial charge in [-0.15, -0.1) is 0 Å². The monoisotopic (exact) mass is 390 g/mol. The van der Waals surface area contributed by atoms with Gasteiger partial charge in [-0.05, 0) is 72.6 Å². The predicted octanol–water partition coefficient (Wildman–Crippen LogP) is 6.43. The van der Waals surface area contributed by atoms with Gasteiger partial charge in [0.1, 0.15) is 5.82 Å². The molecule has 0 bridgehead atoms. The average molecular weight is 390 g/mol. The maximum Gasteiger partial charge on any atom is 0.193 e. The maximum atomic E-state index is 13.1.